The van der Waals surface area contributed by atoms with Gasteiger partial charge < -0.3 is 9.64 Å². The third-order valence-corrected chi connectivity index (χ3v) is 5.85. The van der Waals surface area contributed by atoms with Gasteiger partial charge in [-0.1, -0.05) is 19.9 Å². The van der Waals surface area contributed by atoms with Crippen LogP contribution in [-0.2, 0) is 16.1 Å². The number of morpholine rings is 1. The number of fused-ring (bicyclic) bond motifs is 1. The summed E-state index contributed by atoms with van der Waals surface area (Å²) < 4.78 is 5.97. The van der Waals surface area contributed by atoms with Crippen LogP contribution in [0.15, 0.2) is 18.2 Å². The minimum absolute atomic E-state index is 0.148. The van der Waals surface area contributed by atoms with Crippen LogP contribution in [0, 0.1) is 18.3 Å². The maximum atomic E-state index is 12.7. The van der Waals surface area contributed by atoms with Gasteiger partial charge >= 0.3 is 0 Å². The summed E-state index contributed by atoms with van der Waals surface area (Å²) in [6.45, 7) is 10.4. The van der Waals surface area contributed by atoms with Crippen molar-refractivity contribution >= 4 is 5.91 Å². The third-order valence-electron chi connectivity index (χ3n) is 5.85. The summed E-state index contributed by atoms with van der Waals surface area (Å²) in [5.74, 6) is 0.538. The molecule has 5 nitrogen and oxygen atoms in total. The first kappa shape index (κ1) is 16.0. The second-order valence-electron chi connectivity index (χ2n) is 8.21. The zero-order valence-corrected chi connectivity index (χ0v) is 14.9. The van der Waals surface area contributed by atoms with E-state index in [1.165, 1.54) is 0 Å². The van der Waals surface area contributed by atoms with E-state index >= 15 is 0 Å². The highest BCUT2D eigenvalue weighted by molar-refractivity contribution is 5.83. The van der Waals surface area contributed by atoms with Crippen molar-refractivity contribution in [1.29, 1.82) is 0 Å². The zero-order valence-electron chi connectivity index (χ0n) is 14.9. The molecule has 5 heteroatoms. The van der Waals surface area contributed by atoms with Crippen LogP contribution in [0.1, 0.15) is 31.7 Å². The molecule has 2 saturated heterocycles. The summed E-state index contributed by atoms with van der Waals surface area (Å²) in [6, 6.07) is 6.47. The first-order valence-corrected chi connectivity index (χ1v) is 9.01. The average Bonchev–Trinajstić information content (AvgIpc) is 2.97. The minimum Gasteiger partial charge on any atom is -0.373 e. The number of aromatic nitrogens is 1. The second-order valence-corrected chi connectivity index (χ2v) is 8.21. The van der Waals surface area contributed by atoms with Gasteiger partial charge in [0.05, 0.1) is 24.4 Å². The van der Waals surface area contributed by atoms with Crippen molar-refractivity contribution in [3.63, 3.8) is 0 Å². The van der Waals surface area contributed by atoms with E-state index in [-0.39, 0.29) is 17.4 Å². The Bertz CT molecular complexity index is 645. The van der Waals surface area contributed by atoms with Gasteiger partial charge in [0.25, 0.3) is 0 Å². The minimum atomic E-state index is 0.148. The number of rotatable bonds is 3. The van der Waals surface area contributed by atoms with E-state index in [0.29, 0.717) is 11.9 Å². The molecule has 0 spiro atoms. The Kier molecular flexibility index (Phi) is 3.88. The Morgan fingerprint density at radius 3 is 2.88 bits per heavy atom. The summed E-state index contributed by atoms with van der Waals surface area (Å²) in [4.78, 5) is 21.8. The van der Waals surface area contributed by atoms with Crippen molar-refractivity contribution in [2.75, 3.05) is 26.2 Å². The number of amides is 1. The van der Waals surface area contributed by atoms with Gasteiger partial charge in [-0.05, 0) is 30.9 Å². The van der Waals surface area contributed by atoms with E-state index in [1.807, 2.05) is 17.9 Å². The van der Waals surface area contributed by atoms with Crippen LogP contribution in [-0.4, -0.2) is 59.1 Å². The Hall–Kier alpha value is -1.46. The van der Waals surface area contributed by atoms with Crippen LogP contribution in [0.5, 0.6) is 0 Å². The lowest BCUT2D eigenvalue weighted by Gasteiger charge is -2.36. The van der Waals surface area contributed by atoms with E-state index in [4.69, 9.17) is 4.74 Å². The number of hydrogen-bond donors (Lipinski definition) is 0. The maximum absolute atomic E-state index is 12.7. The smallest absolute Gasteiger partial charge is 0.226 e. The highest BCUT2D eigenvalue weighted by Gasteiger charge is 2.54. The molecule has 0 radical (unpaired) electrons. The zero-order chi connectivity index (χ0) is 16.9. The van der Waals surface area contributed by atoms with Crippen molar-refractivity contribution < 1.29 is 9.53 Å². The summed E-state index contributed by atoms with van der Waals surface area (Å²) in [7, 11) is 0. The molecule has 4 rings (SSSR count). The van der Waals surface area contributed by atoms with Crippen molar-refractivity contribution in [2.24, 2.45) is 11.3 Å². The number of likely N-dealkylation sites (tertiary alicyclic amines) is 1. The first-order valence-electron chi connectivity index (χ1n) is 9.01. The molecule has 1 saturated carbocycles. The molecule has 130 valence electrons. The summed E-state index contributed by atoms with van der Waals surface area (Å²) in [5.41, 5.74) is 2.34. The number of carbonyl (C=O) groups is 1. The highest BCUT2D eigenvalue weighted by atomic mass is 16.5. The van der Waals surface area contributed by atoms with E-state index in [0.717, 1.165) is 50.6 Å². The maximum Gasteiger partial charge on any atom is 0.226 e. The number of hydrogen-bond acceptors (Lipinski definition) is 4. The number of ether oxygens (including phenoxy) is 1. The fraction of sp³-hybridized carbons (Fsp3) is 0.684. The van der Waals surface area contributed by atoms with Crippen molar-refractivity contribution in [3.05, 3.63) is 29.6 Å². The average molecular weight is 329 g/mol. The molecule has 2 aliphatic heterocycles. The normalized spacial score (nSPS) is 31.8. The van der Waals surface area contributed by atoms with Gasteiger partial charge in [-0.25, -0.2) is 0 Å². The molecule has 3 fully saturated rings. The number of nitrogens with zero attached hydrogens (tertiary/aromatic N) is 3. The largest absolute Gasteiger partial charge is 0.373 e. The number of carbonyl (C=O) groups excluding carboxylic acids is 1. The Labute approximate surface area is 144 Å². The molecule has 1 amide bonds. The Morgan fingerprint density at radius 2 is 2.17 bits per heavy atom. The van der Waals surface area contributed by atoms with Crippen LogP contribution in [0.25, 0.3) is 0 Å². The monoisotopic (exact) mass is 329 g/mol. The first-order chi connectivity index (χ1) is 11.4. The van der Waals surface area contributed by atoms with Crippen molar-refractivity contribution in [3.8, 4) is 0 Å². The molecular weight excluding hydrogens is 302 g/mol. The van der Waals surface area contributed by atoms with E-state index < -0.39 is 0 Å². The molecule has 3 aliphatic rings. The van der Waals surface area contributed by atoms with Gasteiger partial charge in [0.1, 0.15) is 0 Å². The van der Waals surface area contributed by atoms with Gasteiger partial charge in [0.15, 0.2) is 0 Å². The highest BCUT2D eigenvalue weighted by Crippen LogP contribution is 2.52. The summed E-state index contributed by atoms with van der Waals surface area (Å²) >= 11 is 0. The number of aryl methyl sites for hydroxylation is 1. The standard InChI is InChI=1S/C19H27N3O2/c1-13-5-4-6-14(20-13)10-21-7-8-24-17-12-22(11-16(17)21)18(23)15-9-19(15,2)3/h4-6,15-17H,7-12H2,1-3H3/t15?,16-,17-/m0/s1. The second kappa shape index (κ2) is 5.81. The molecular formula is C19H27N3O2. The van der Waals surface area contributed by atoms with Gasteiger partial charge in [0, 0.05) is 37.8 Å². The lowest BCUT2D eigenvalue weighted by atomic mass is 10.1. The molecule has 1 aliphatic carbocycles. The van der Waals surface area contributed by atoms with Crippen LogP contribution in [0.2, 0.25) is 0 Å². The molecule has 3 atom stereocenters. The van der Waals surface area contributed by atoms with Gasteiger partial charge in [-0.15, -0.1) is 0 Å². The van der Waals surface area contributed by atoms with Crippen LogP contribution < -0.4 is 0 Å². The molecule has 0 aromatic carbocycles. The molecule has 0 N–H and O–H groups in total. The topological polar surface area (TPSA) is 45.7 Å². The van der Waals surface area contributed by atoms with Gasteiger partial charge in [0.2, 0.25) is 5.91 Å². The SMILES string of the molecule is Cc1cccc(CN2CCO[C@H]3CN(C(=O)C4CC4(C)C)C[C@@H]32)n1. The predicted octanol–water partition coefficient (Wildman–Crippen LogP) is 1.85. The van der Waals surface area contributed by atoms with Crippen molar-refractivity contribution in [2.45, 2.75) is 45.9 Å². The van der Waals surface area contributed by atoms with E-state index in [1.54, 1.807) is 0 Å². The van der Waals surface area contributed by atoms with E-state index in [2.05, 4.69) is 35.9 Å². The van der Waals surface area contributed by atoms with Gasteiger partial charge in [-0.2, -0.15) is 0 Å². The molecule has 1 aromatic rings. The molecule has 1 unspecified atom stereocenters. The third kappa shape index (κ3) is 2.95. The summed E-state index contributed by atoms with van der Waals surface area (Å²) in [6.07, 6.45) is 1.17. The van der Waals surface area contributed by atoms with Crippen LogP contribution >= 0.6 is 0 Å². The van der Waals surface area contributed by atoms with Crippen molar-refractivity contribution in [1.82, 2.24) is 14.8 Å². The van der Waals surface area contributed by atoms with E-state index in [9.17, 15) is 4.79 Å². The quantitative estimate of drug-likeness (QED) is 0.849. The number of pyridine rings is 1. The molecule has 24 heavy (non-hydrogen) atoms. The predicted molar refractivity (Wildman–Crippen MR) is 91.4 cm³/mol. The van der Waals surface area contributed by atoms with Gasteiger partial charge in [-0.3, -0.25) is 14.7 Å². The fourth-order valence-electron chi connectivity index (χ4n) is 4.14. The fourth-order valence-corrected chi connectivity index (χ4v) is 4.14. The van der Waals surface area contributed by atoms with Crippen LogP contribution in [0.4, 0.5) is 0 Å². The lowest BCUT2D eigenvalue weighted by Crippen LogP contribution is -2.50. The summed E-state index contributed by atoms with van der Waals surface area (Å²) in [5, 5.41) is 0. The van der Waals surface area contributed by atoms with Crippen LogP contribution in [0.3, 0.4) is 0 Å². The molecule has 0 bridgehead atoms. The molecule has 3 heterocycles. The molecule has 1 aromatic heterocycles. The lowest BCUT2D eigenvalue weighted by molar-refractivity contribution is -0.132. The Balaban J connectivity index is 1.44. The Morgan fingerprint density at radius 1 is 1.38 bits per heavy atom.